The fraction of sp³-hybridized carbons (Fsp3) is 0.200. The van der Waals surface area contributed by atoms with Crippen molar-refractivity contribution in [1.29, 1.82) is 0 Å². The first-order valence-electron chi connectivity index (χ1n) is 6.78. The number of nitrogens with one attached hydrogen (secondary N) is 3. The topological polar surface area (TPSA) is 53.2 Å². The van der Waals surface area contributed by atoms with E-state index in [0.717, 1.165) is 16.5 Å². The van der Waals surface area contributed by atoms with Gasteiger partial charge in [0.25, 0.3) is 0 Å². The molecule has 0 aliphatic carbocycles. The molecule has 0 heterocycles. The Kier molecular flexibility index (Phi) is 6.78. The highest BCUT2D eigenvalue weighted by molar-refractivity contribution is 7.80. The number of hydrogen-bond donors (Lipinski definition) is 3. The standard InChI is InChI=1S/C15H13Cl4N3OS/c16-8-12(23)21-13(15(17,18)19)22-14(24)20-11-6-5-9-3-1-2-4-10(9)7-11/h1-7,13H,8H2,(H,21,23)(H2,20,22,24)/t13-/m1/s1. The second-order valence-electron chi connectivity index (χ2n) is 4.84. The molecule has 4 nitrogen and oxygen atoms in total. The summed E-state index contributed by atoms with van der Waals surface area (Å²) in [6.07, 6.45) is -1.03. The SMILES string of the molecule is O=C(CCl)N[C@H](NC(=S)Nc1ccc2ccccc2c1)C(Cl)(Cl)Cl. The van der Waals surface area contributed by atoms with Crippen LogP contribution in [-0.2, 0) is 4.79 Å². The Morgan fingerprint density at radius 2 is 1.75 bits per heavy atom. The number of carbonyl (C=O) groups excluding carboxylic acids is 1. The highest BCUT2D eigenvalue weighted by Gasteiger charge is 2.34. The molecule has 0 radical (unpaired) electrons. The van der Waals surface area contributed by atoms with Crippen LogP contribution in [0.4, 0.5) is 5.69 Å². The van der Waals surface area contributed by atoms with Crippen molar-refractivity contribution in [2.75, 3.05) is 11.2 Å². The van der Waals surface area contributed by atoms with E-state index in [1.807, 2.05) is 42.5 Å². The molecule has 128 valence electrons. The first-order chi connectivity index (χ1) is 11.3. The number of benzene rings is 2. The lowest BCUT2D eigenvalue weighted by Gasteiger charge is -2.27. The average Bonchev–Trinajstić information content (AvgIpc) is 2.53. The molecule has 0 spiro atoms. The highest BCUT2D eigenvalue weighted by Crippen LogP contribution is 2.29. The van der Waals surface area contributed by atoms with E-state index in [9.17, 15) is 4.79 Å². The fourth-order valence-electron chi connectivity index (χ4n) is 1.96. The van der Waals surface area contributed by atoms with E-state index in [0.29, 0.717) is 0 Å². The smallest absolute Gasteiger partial charge is 0.236 e. The number of hydrogen-bond acceptors (Lipinski definition) is 2. The molecule has 2 rings (SSSR count). The van der Waals surface area contributed by atoms with Crippen LogP contribution in [-0.4, -0.2) is 26.9 Å². The minimum Gasteiger partial charge on any atom is -0.339 e. The summed E-state index contributed by atoms with van der Waals surface area (Å²) in [6.45, 7) is 0. The van der Waals surface area contributed by atoms with Gasteiger partial charge in [-0.2, -0.15) is 0 Å². The van der Waals surface area contributed by atoms with Crippen LogP contribution in [0.15, 0.2) is 42.5 Å². The van der Waals surface area contributed by atoms with Crippen molar-refractivity contribution in [2.45, 2.75) is 9.96 Å². The molecule has 2 aromatic rings. The van der Waals surface area contributed by atoms with Gasteiger partial charge in [-0.1, -0.05) is 65.1 Å². The van der Waals surface area contributed by atoms with Gasteiger partial charge in [0.1, 0.15) is 12.0 Å². The third kappa shape index (κ3) is 5.53. The van der Waals surface area contributed by atoms with Gasteiger partial charge >= 0.3 is 0 Å². The van der Waals surface area contributed by atoms with E-state index in [-0.39, 0.29) is 11.0 Å². The van der Waals surface area contributed by atoms with Crippen molar-refractivity contribution < 1.29 is 4.79 Å². The van der Waals surface area contributed by atoms with Crippen molar-refractivity contribution in [3.05, 3.63) is 42.5 Å². The maximum Gasteiger partial charge on any atom is 0.236 e. The molecule has 0 bridgehead atoms. The second-order valence-corrected chi connectivity index (χ2v) is 7.88. The summed E-state index contributed by atoms with van der Waals surface area (Å²) in [7, 11) is 0. The molecule has 0 aliphatic heterocycles. The van der Waals surface area contributed by atoms with Gasteiger partial charge in [0, 0.05) is 5.69 Å². The molecule has 1 atom stereocenters. The van der Waals surface area contributed by atoms with Gasteiger partial charge in [-0.15, -0.1) is 11.6 Å². The minimum atomic E-state index is -1.81. The van der Waals surface area contributed by atoms with Gasteiger partial charge in [-0.05, 0) is 35.1 Å². The Labute approximate surface area is 164 Å². The lowest BCUT2D eigenvalue weighted by atomic mass is 10.1. The van der Waals surface area contributed by atoms with E-state index in [4.69, 9.17) is 58.6 Å². The maximum atomic E-state index is 11.4. The molecule has 2 aromatic carbocycles. The van der Waals surface area contributed by atoms with E-state index < -0.39 is 15.9 Å². The van der Waals surface area contributed by atoms with Crippen LogP contribution in [0.1, 0.15) is 0 Å². The van der Waals surface area contributed by atoms with Gasteiger partial charge < -0.3 is 16.0 Å². The molecular formula is C15H13Cl4N3OS. The summed E-state index contributed by atoms with van der Waals surface area (Å²) in [5.74, 6) is -0.752. The summed E-state index contributed by atoms with van der Waals surface area (Å²) in [5, 5.41) is 10.5. The summed E-state index contributed by atoms with van der Waals surface area (Å²) in [5.41, 5.74) is 0.762. The number of anilines is 1. The Bertz CT molecular complexity index is 751. The van der Waals surface area contributed by atoms with Gasteiger partial charge in [0.15, 0.2) is 5.11 Å². The zero-order chi connectivity index (χ0) is 17.7. The Hall–Kier alpha value is -0.980. The van der Waals surface area contributed by atoms with Crippen LogP contribution < -0.4 is 16.0 Å². The molecule has 0 aromatic heterocycles. The molecular weight excluding hydrogens is 412 g/mol. The Morgan fingerprint density at radius 1 is 1.08 bits per heavy atom. The first kappa shape index (κ1) is 19.3. The number of thiocarbonyl (C=S) groups is 1. The Morgan fingerprint density at radius 3 is 2.38 bits per heavy atom. The normalized spacial score (nSPS) is 12.5. The van der Waals surface area contributed by atoms with Crippen LogP contribution in [0.5, 0.6) is 0 Å². The third-order valence-corrected chi connectivity index (χ3v) is 4.15. The van der Waals surface area contributed by atoms with E-state index in [1.165, 1.54) is 0 Å². The van der Waals surface area contributed by atoms with E-state index >= 15 is 0 Å². The Balaban J connectivity index is 2.07. The van der Waals surface area contributed by atoms with Crippen LogP contribution in [0, 0.1) is 0 Å². The maximum absolute atomic E-state index is 11.4. The van der Waals surface area contributed by atoms with Gasteiger partial charge in [-0.25, -0.2) is 0 Å². The zero-order valence-electron chi connectivity index (χ0n) is 12.2. The summed E-state index contributed by atoms with van der Waals surface area (Å²) < 4.78 is -1.81. The molecule has 0 saturated heterocycles. The van der Waals surface area contributed by atoms with Gasteiger partial charge in [-0.3, -0.25) is 4.79 Å². The molecule has 24 heavy (non-hydrogen) atoms. The lowest BCUT2D eigenvalue weighted by Crippen LogP contribution is -2.56. The molecule has 0 saturated carbocycles. The number of fused-ring (bicyclic) bond motifs is 1. The quantitative estimate of drug-likeness (QED) is 0.391. The van der Waals surface area contributed by atoms with Crippen LogP contribution in [0.3, 0.4) is 0 Å². The fourth-order valence-corrected chi connectivity index (χ4v) is 2.60. The van der Waals surface area contributed by atoms with Crippen molar-refractivity contribution >= 4 is 86.1 Å². The van der Waals surface area contributed by atoms with Crippen LogP contribution >= 0.6 is 58.6 Å². The zero-order valence-corrected chi connectivity index (χ0v) is 16.0. The largest absolute Gasteiger partial charge is 0.339 e. The highest BCUT2D eigenvalue weighted by atomic mass is 35.6. The van der Waals surface area contributed by atoms with E-state index in [2.05, 4.69) is 16.0 Å². The summed E-state index contributed by atoms with van der Waals surface area (Å²) in [4.78, 5) is 11.4. The monoisotopic (exact) mass is 423 g/mol. The number of rotatable bonds is 4. The van der Waals surface area contributed by atoms with Gasteiger partial charge in [0.2, 0.25) is 9.70 Å². The number of alkyl halides is 4. The molecule has 1 amide bonds. The molecule has 0 aliphatic rings. The van der Waals surface area contributed by atoms with Crippen LogP contribution in [0.2, 0.25) is 0 Å². The average molecular weight is 425 g/mol. The van der Waals surface area contributed by atoms with Crippen LogP contribution in [0.25, 0.3) is 10.8 Å². The number of amides is 1. The van der Waals surface area contributed by atoms with Crippen molar-refractivity contribution in [3.63, 3.8) is 0 Å². The molecule has 3 N–H and O–H groups in total. The van der Waals surface area contributed by atoms with E-state index in [1.54, 1.807) is 0 Å². The molecule has 9 heteroatoms. The lowest BCUT2D eigenvalue weighted by molar-refractivity contribution is -0.119. The molecule has 0 unspecified atom stereocenters. The summed E-state index contributed by atoms with van der Waals surface area (Å²) >= 11 is 28.2. The predicted molar refractivity (Wildman–Crippen MR) is 106 cm³/mol. The predicted octanol–water partition coefficient (Wildman–Crippen LogP) is 4.18. The number of carbonyl (C=O) groups is 1. The second kappa shape index (κ2) is 8.41. The first-order valence-corrected chi connectivity index (χ1v) is 8.85. The van der Waals surface area contributed by atoms with Gasteiger partial charge in [0.05, 0.1) is 0 Å². The third-order valence-electron chi connectivity index (χ3n) is 3.04. The van der Waals surface area contributed by atoms with Crippen molar-refractivity contribution in [3.8, 4) is 0 Å². The number of halogens is 4. The minimum absolute atomic E-state index is 0.191. The van der Waals surface area contributed by atoms with Crippen molar-refractivity contribution in [2.24, 2.45) is 0 Å². The van der Waals surface area contributed by atoms with Crippen molar-refractivity contribution in [1.82, 2.24) is 10.6 Å². The molecule has 0 fully saturated rings. The summed E-state index contributed by atoms with van der Waals surface area (Å²) in [6, 6.07) is 13.7.